The third kappa shape index (κ3) is 3.67. The Bertz CT molecular complexity index is 929. The van der Waals surface area contributed by atoms with Crippen molar-refractivity contribution >= 4 is 21.6 Å². The molecular formula is C19H17BrN4O. The highest BCUT2D eigenvalue weighted by Gasteiger charge is 2.20. The van der Waals surface area contributed by atoms with Crippen LogP contribution in [0.3, 0.4) is 0 Å². The van der Waals surface area contributed by atoms with E-state index in [9.17, 15) is 0 Å². The summed E-state index contributed by atoms with van der Waals surface area (Å²) in [5.41, 5.74) is 2.52. The lowest BCUT2D eigenvalue weighted by Crippen LogP contribution is -2.17. The van der Waals surface area contributed by atoms with Crippen LogP contribution in [-0.2, 0) is 7.05 Å². The predicted molar refractivity (Wildman–Crippen MR) is 101 cm³/mol. The normalized spacial score (nSPS) is 11.6. The molecule has 2 aromatic carbocycles. The van der Waals surface area contributed by atoms with Crippen molar-refractivity contribution in [1.82, 2.24) is 9.55 Å². The highest BCUT2D eigenvalue weighted by molar-refractivity contribution is 9.10. The molecule has 0 aliphatic carbocycles. The fourth-order valence-electron chi connectivity index (χ4n) is 2.63. The van der Waals surface area contributed by atoms with Gasteiger partial charge < -0.3 is 14.6 Å². The second-order valence-electron chi connectivity index (χ2n) is 5.56. The van der Waals surface area contributed by atoms with Crippen molar-refractivity contribution in [3.63, 3.8) is 0 Å². The van der Waals surface area contributed by atoms with E-state index in [1.807, 2.05) is 48.1 Å². The number of methoxy groups -OCH3 is 1. The summed E-state index contributed by atoms with van der Waals surface area (Å²) in [6.07, 6.45) is 3.69. The molecule has 0 bridgehead atoms. The van der Waals surface area contributed by atoms with Crippen molar-refractivity contribution in [3.8, 4) is 11.8 Å². The van der Waals surface area contributed by atoms with E-state index in [0.717, 1.165) is 27.3 Å². The first-order valence-electron chi connectivity index (χ1n) is 7.69. The summed E-state index contributed by atoms with van der Waals surface area (Å²) in [7, 11) is 3.62. The number of anilines is 1. The van der Waals surface area contributed by atoms with E-state index >= 15 is 0 Å². The predicted octanol–water partition coefficient (Wildman–Crippen LogP) is 4.26. The van der Waals surface area contributed by atoms with Crippen LogP contribution in [0, 0.1) is 11.3 Å². The van der Waals surface area contributed by atoms with Gasteiger partial charge >= 0.3 is 0 Å². The SMILES string of the molecule is COc1cccc(C(Nc2ccc(C#N)cc2Br)c2nccn2C)c1. The Kier molecular flexibility index (Phi) is 5.05. The Morgan fingerprint density at radius 3 is 2.76 bits per heavy atom. The highest BCUT2D eigenvalue weighted by Crippen LogP contribution is 2.31. The largest absolute Gasteiger partial charge is 0.497 e. The second-order valence-corrected chi connectivity index (χ2v) is 6.41. The minimum atomic E-state index is -0.167. The first-order valence-corrected chi connectivity index (χ1v) is 8.49. The zero-order valence-corrected chi connectivity index (χ0v) is 15.5. The van der Waals surface area contributed by atoms with Crippen molar-refractivity contribution in [2.45, 2.75) is 6.04 Å². The number of benzene rings is 2. The van der Waals surface area contributed by atoms with Gasteiger partial charge in [-0.15, -0.1) is 0 Å². The molecule has 6 heteroatoms. The van der Waals surface area contributed by atoms with Crippen molar-refractivity contribution in [2.24, 2.45) is 7.05 Å². The Hall–Kier alpha value is -2.78. The van der Waals surface area contributed by atoms with Crippen LogP contribution < -0.4 is 10.1 Å². The quantitative estimate of drug-likeness (QED) is 0.699. The van der Waals surface area contributed by atoms with Crippen LogP contribution in [0.5, 0.6) is 5.75 Å². The van der Waals surface area contributed by atoms with Crippen molar-refractivity contribution in [3.05, 3.63) is 76.3 Å². The molecule has 126 valence electrons. The molecule has 0 radical (unpaired) electrons. The molecule has 1 atom stereocenters. The summed E-state index contributed by atoms with van der Waals surface area (Å²) in [5, 5.41) is 12.6. The molecule has 1 heterocycles. The number of hydrogen-bond donors (Lipinski definition) is 1. The summed E-state index contributed by atoms with van der Waals surface area (Å²) in [6, 6.07) is 15.3. The van der Waals surface area contributed by atoms with Crippen LogP contribution in [-0.4, -0.2) is 16.7 Å². The molecule has 25 heavy (non-hydrogen) atoms. The smallest absolute Gasteiger partial charge is 0.135 e. The number of nitriles is 1. The number of aromatic nitrogens is 2. The standard InChI is InChI=1S/C19H17BrN4O/c1-24-9-8-22-19(24)18(14-4-3-5-15(11-14)25-2)23-17-7-6-13(12-21)10-16(17)20/h3-11,18,23H,1-2H3. The van der Waals surface area contributed by atoms with E-state index in [1.165, 1.54) is 0 Å². The van der Waals surface area contributed by atoms with Gasteiger partial charge in [0.25, 0.3) is 0 Å². The average Bonchev–Trinajstić information content (AvgIpc) is 3.06. The van der Waals surface area contributed by atoms with Crippen LogP contribution in [0.1, 0.15) is 23.0 Å². The number of rotatable bonds is 5. The van der Waals surface area contributed by atoms with Gasteiger partial charge in [0.2, 0.25) is 0 Å². The maximum Gasteiger partial charge on any atom is 0.135 e. The lowest BCUT2D eigenvalue weighted by Gasteiger charge is -2.21. The third-order valence-electron chi connectivity index (χ3n) is 3.94. The number of nitrogens with zero attached hydrogens (tertiary/aromatic N) is 3. The molecule has 0 aliphatic rings. The molecule has 0 amide bonds. The average molecular weight is 397 g/mol. The van der Waals surface area contributed by atoms with Crippen LogP contribution in [0.15, 0.2) is 59.3 Å². The monoisotopic (exact) mass is 396 g/mol. The molecule has 3 rings (SSSR count). The molecule has 5 nitrogen and oxygen atoms in total. The van der Waals surface area contributed by atoms with E-state index < -0.39 is 0 Å². The molecule has 0 saturated carbocycles. The molecule has 0 spiro atoms. The lowest BCUT2D eigenvalue weighted by atomic mass is 10.0. The van der Waals surface area contributed by atoms with Gasteiger partial charge in [0, 0.05) is 29.6 Å². The van der Waals surface area contributed by atoms with Gasteiger partial charge in [0.15, 0.2) is 0 Å². The van der Waals surface area contributed by atoms with Gasteiger partial charge in [0.1, 0.15) is 17.6 Å². The highest BCUT2D eigenvalue weighted by atomic mass is 79.9. The fourth-order valence-corrected chi connectivity index (χ4v) is 3.12. The zero-order valence-electron chi connectivity index (χ0n) is 13.9. The summed E-state index contributed by atoms with van der Waals surface area (Å²) in [6.45, 7) is 0. The number of hydrogen-bond acceptors (Lipinski definition) is 4. The molecule has 0 fully saturated rings. The van der Waals surface area contributed by atoms with E-state index in [4.69, 9.17) is 10.00 Å². The van der Waals surface area contributed by atoms with E-state index in [1.54, 1.807) is 25.4 Å². The molecule has 1 unspecified atom stereocenters. The van der Waals surface area contributed by atoms with Gasteiger partial charge in [-0.2, -0.15) is 5.26 Å². The number of ether oxygens (including phenoxy) is 1. The summed E-state index contributed by atoms with van der Waals surface area (Å²) in [5.74, 6) is 1.67. The molecule has 3 aromatic rings. The van der Waals surface area contributed by atoms with E-state index in [0.29, 0.717) is 5.56 Å². The lowest BCUT2D eigenvalue weighted by molar-refractivity contribution is 0.414. The Morgan fingerprint density at radius 1 is 1.28 bits per heavy atom. The van der Waals surface area contributed by atoms with Gasteiger partial charge in [-0.25, -0.2) is 4.98 Å². The number of imidazole rings is 1. The van der Waals surface area contributed by atoms with Crippen LogP contribution in [0.25, 0.3) is 0 Å². The van der Waals surface area contributed by atoms with Gasteiger partial charge in [0.05, 0.1) is 18.7 Å². The molecule has 1 N–H and O–H groups in total. The van der Waals surface area contributed by atoms with E-state index in [-0.39, 0.29) is 6.04 Å². The Labute approximate surface area is 155 Å². The maximum absolute atomic E-state index is 9.04. The number of aryl methyl sites for hydroxylation is 1. The zero-order chi connectivity index (χ0) is 17.8. The second kappa shape index (κ2) is 7.41. The number of nitrogens with one attached hydrogen (secondary N) is 1. The van der Waals surface area contributed by atoms with Gasteiger partial charge in [-0.1, -0.05) is 12.1 Å². The maximum atomic E-state index is 9.04. The van der Waals surface area contributed by atoms with Gasteiger partial charge in [-0.05, 0) is 51.8 Å². The van der Waals surface area contributed by atoms with Crippen molar-refractivity contribution in [2.75, 3.05) is 12.4 Å². The van der Waals surface area contributed by atoms with E-state index in [2.05, 4.69) is 32.3 Å². The Morgan fingerprint density at radius 2 is 2.12 bits per heavy atom. The Balaban J connectivity index is 2.03. The summed E-state index contributed by atoms with van der Waals surface area (Å²) >= 11 is 3.53. The molecular weight excluding hydrogens is 380 g/mol. The molecule has 1 aromatic heterocycles. The summed E-state index contributed by atoms with van der Waals surface area (Å²) in [4.78, 5) is 4.50. The van der Waals surface area contributed by atoms with Crippen molar-refractivity contribution < 1.29 is 4.74 Å². The minimum absolute atomic E-state index is 0.167. The van der Waals surface area contributed by atoms with Crippen LogP contribution >= 0.6 is 15.9 Å². The third-order valence-corrected chi connectivity index (χ3v) is 4.60. The summed E-state index contributed by atoms with van der Waals surface area (Å²) < 4.78 is 8.16. The topological polar surface area (TPSA) is 62.9 Å². The van der Waals surface area contributed by atoms with Crippen molar-refractivity contribution in [1.29, 1.82) is 5.26 Å². The van der Waals surface area contributed by atoms with Crippen LogP contribution in [0.2, 0.25) is 0 Å². The fraction of sp³-hybridized carbons (Fsp3) is 0.158. The molecule has 0 aliphatic heterocycles. The first-order chi connectivity index (χ1) is 12.1. The number of halogens is 1. The minimum Gasteiger partial charge on any atom is -0.497 e. The van der Waals surface area contributed by atoms with Crippen LogP contribution in [0.4, 0.5) is 5.69 Å². The van der Waals surface area contributed by atoms with Gasteiger partial charge in [-0.3, -0.25) is 0 Å². The first kappa shape index (κ1) is 17.1. The molecule has 0 saturated heterocycles.